The molecule has 2 aromatic rings. The predicted molar refractivity (Wildman–Crippen MR) is 70.5 cm³/mol. The van der Waals surface area contributed by atoms with E-state index in [0.29, 0.717) is 11.0 Å². The Morgan fingerprint density at radius 1 is 1.33 bits per heavy atom. The van der Waals surface area contributed by atoms with E-state index in [1.54, 1.807) is 24.3 Å². The van der Waals surface area contributed by atoms with Crippen LogP contribution in [0.3, 0.4) is 0 Å². The van der Waals surface area contributed by atoms with Crippen LogP contribution in [0.2, 0.25) is 0 Å². The normalized spacial score (nSPS) is 10.6. The Hall–Kier alpha value is -1.95. The first kappa shape index (κ1) is 12.5. The number of carbonyl (C=O) groups is 1. The van der Waals surface area contributed by atoms with E-state index in [2.05, 4.69) is 14.7 Å². The van der Waals surface area contributed by atoms with E-state index < -0.39 is 0 Å². The summed E-state index contributed by atoms with van der Waals surface area (Å²) in [7, 11) is 0. The van der Waals surface area contributed by atoms with Gasteiger partial charge in [0, 0.05) is 23.0 Å². The number of hydrogen-bond acceptors (Lipinski definition) is 5. The number of aromatic hydroxyl groups is 1. The van der Waals surface area contributed by atoms with Crippen LogP contribution in [-0.4, -0.2) is 20.4 Å². The third kappa shape index (κ3) is 2.84. The van der Waals surface area contributed by atoms with Crippen molar-refractivity contribution in [1.29, 1.82) is 0 Å². The molecule has 0 aliphatic rings. The monoisotopic (exact) mass is 263 g/mol. The maximum Gasteiger partial charge on any atom is 0.228 e. The van der Waals surface area contributed by atoms with Gasteiger partial charge in [0.1, 0.15) is 5.75 Å². The van der Waals surface area contributed by atoms with E-state index in [-0.39, 0.29) is 17.6 Å². The lowest BCUT2D eigenvalue weighted by atomic mass is 10.2. The molecule has 94 valence electrons. The first-order valence-corrected chi connectivity index (χ1v) is 6.27. The SMILES string of the molecule is CC(C)C(=O)Nc1nc(-c2ccc(O)cc2)ns1. The number of carbonyl (C=O) groups excluding carboxylic acids is 1. The van der Waals surface area contributed by atoms with E-state index in [4.69, 9.17) is 0 Å². The molecule has 5 nitrogen and oxygen atoms in total. The molecule has 2 rings (SSSR count). The Balaban J connectivity index is 2.15. The summed E-state index contributed by atoms with van der Waals surface area (Å²) in [4.78, 5) is 15.7. The van der Waals surface area contributed by atoms with Gasteiger partial charge in [-0.3, -0.25) is 4.79 Å². The average molecular weight is 263 g/mol. The fourth-order valence-corrected chi connectivity index (χ4v) is 1.84. The molecule has 1 heterocycles. The number of hydrogen-bond donors (Lipinski definition) is 2. The van der Waals surface area contributed by atoms with Gasteiger partial charge in [-0.1, -0.05) is 13.8 Å². The largest absolute Gasteiger partial charge is 0.508 e. The lowest BCUT2D eigenvalue weighted by Gasteiger charge is -2.02. The molecule has 0 saturated heterocycles. The Kier molecular flexibility index (Phi) is 3.57. The molecule has 0 aliphatic carbocycles. The van der Waals surface area contributed by atoms with Gasteiger partial charge in [0.2, 0.25) is 11.0 Å². The van der Waals surface area contributed by atoms with Gasteiger partial charge in [0.05, 0.1) is 0 Å². The van der Waals surface area contributed by atoms with Crippen LogP contribution in [0, 0.1) is 5.92 Å². The molecule has 6 heteroatoms. The Bertz CT molecular complexity index is 549. The molecule has 0 fully saturated rings. The number of phenols is 1. The summed E-state index contributed by atoms with van der Waals surface area (Å²) in [6, 6.07) is 6.60. The fraction of sp³-hybridized carbons (Fsp3) is 0.250. The van der Waals surface area contributed by atoms with Crippen molar-refractivity contribution < 1.29 is 9.90 Å². The highest BCUT2D eigenvalue weighted by Crippen LogP contribution is 2.23. The zero-order valence-electron chi connectivity index (χ0n) is 10.0. The van der Waals surface area contributed by atoms with Crippen LogP contribution in [0.1, 0.15) is 13.8 Å². The molecule has 0 bridgehead atoms. The minimum Gasteiger partial charge on any atom is -0.508 e. The van der Waals surface area contributed by atoms with Gasteiger partial charge in [-0.15, -0.1) is 0 Å². The molecule has 0 unspecified atom stereocenters. The van der Waals surface area contributed by atoms with Crippen molar-refractivity contribution in [3.05, 3.63) is 24.3 Å². The van der Waals surface area contributed by atoms with Gasteiger partial charge in [-0.05, 0) is 24.3 Å². The summed E-state index contributed by atoms with van der Waals surface area (Å²) >= 11 is 1.14. The molecule has 18 heavy (non-hydrogen) atoms. The molecular weight excluding hydrogens is 250 g/mol. The van der Waals surface area contributed by atoms with E-state index in [1.807, 2.05) is 13.8 Å². The standard InChI is InChI=1S/C12H13N3O2S/c1-7(2)11(17)14-12-13-10(15-18-12)8-3-5-9(16)6-4-8/h3-7,16H,1-2H3,(H,13,14,15,17). The van der Waals surface area contributed by atoms with Crippen LogP contribution >= 0.6 is 11.5 Å². The number of nitrogens with one attached hydrogen (secondary N) is 1. The van der Waals surface area contributed by atoms with E-state index >= 15 is 0 Å². The molecular formula is C12H13N3O2S. The maximum absolute atomic E-state index is 11.5. The van der Waals surface area contributed by atoms with Crippen molar-refractivity contribution in [2.45, 2.75) is 13.8 Å². The highest BCUT2D eigenvalue weighted by molar-refractivity contribution is 7.10. The average Bonchev–Trinajstić information content (AvgIpc) is 2.78. The fourth-order valence-electron chi connectivity index (χ4n) is 1.25. The topological polar surface area (TPSA) is 75.1 Å². The van der Waals surface area contributed by atoms with E-state index in [0.717, 1.165) is 17.1 Å². The van der Waals surface area contributed by atoms with Gasteiger partial charge in [-0.25, -0.2) is 0 Å². The quantitative estimate of drug-likeness (QED) is 0.892. The third-order valence-electron chi connectivity index (χ3n) is 2.31. The number of anilines is 1. The molecule has 2 N–H and O–H groups in total. The minimum absolute atomic E-state index is 0.0802. The van der Waals surface area contributed by atoms with Crippen LogP contribution in [0.25, 0.3) is 11.4 Å². The number of amides is 1. The Labute approximate surface area is 109 Å². The van der Waals surface area contributed by atoms with Crippen molar-refractivity contribution in [3.63, 3.8) is 0 Å². The molecule has 1 amide bonds. The van der Waals surface area contributed by atoms with E-state index in [9.17, 15) is 9.90 Å². The van der Waals surface area contributed by atoms with Crippen LogP contribution in [-0.2, 0) is 4.79 Å². The van der Waals surface area contributed by atoms with Crippen molar-refractivity contribution in [2.75, 3.05) is 5.32 Å². The molecule has 1 aromatic carbocycles. The van der Waals surface area contributed by atoms with Crippen molar-refractivity contribution in [3.8, 4) is 17.1 Å². The first-order chi connectivity index (χ1) is 8.56. The maximum atomic E-state index is 11.5. The number of nitrogens with zero attached hydrogens (tertiary/aromatic N) is 2. The second-order valence-electron chi connectivity index (χ2n) is 4.11. The second-order valence-corrected chi connectivity index (χ2v) is 4.87. The van der Waals surface area contributed by atoms with Crippen LogP contribution in [0.4, 0.5) is 5.13 Å². The van der Waals surface area contributed by atoms with Crippen LogP contribution in [0.5, 0.6) is 5.75 Å². The number of benzene rings is 1. The first-order valence-electron chi connectivity index (χ1n) is 5.50. The highest BCUT2D eigenvalue weighted by atomic mass is 32.1. The smallest absolute Gasteiger partial charge is 0.228 e. The number of aromatic nitrogens is 2. The lowest BCUT2D eigenvalue weighted by molar-refractivity contribution is -0.118. The van der Waals surface area contributed by atoms with Crippen molar-refractivity contribution in [1.82, 2.24) is 9.36 Å². The van der Waals surface area contributed by atoms with Gasteiger partial charge >= 0.3 is 0 Å². The molecule has 0 saturated carbocycles. The highest BCUT2D eigenvalue weighted by Gasteiger charge is 2.11. The Morgan fingerprint density at radius 3 is 2.61 bits per heavy atom. The van der Waals surface area contributed by atoms with Gasteiger partial charge in [-0.2, -0.15) is 9.36 Å². The summed E-state index contributed by atoms with van der Waals surface area (Å²) in [5.41, 5.74) is 0.800. The van der Waals surface area contributed by atoms with Crippen molar-refractivity contribution >= 4 is 22.6 Å². The summed E-state index contributed by atoms with van der Waals surface area (Å²) in [6.07, 6.45) is 0. The van der Waals surface area contributed by atoms with E-state index in [1.165, 1.54) is 0 Å². The summed E-state index contributed by atoms with van der Waals surface area (Å²) in [6.45, 7) is 3.63. The van der Waals surface area contributed by atoms with Crippen LogP contribution < -0.4 is 5.32 Å². The zero-order valence-corrected chi connectivity index (χ0v) is 10.9. The second kappa shape index (κ2) is 5.14. The lowest BCUT2D eigenvalue weighted by Crippen LogP contribution is -2.17. The van der Waals surface area contributed by atoms with Gasteiger partial charge in [0.15, 0.2) is 5.82 Å². The molecule has 0 radical (unpaired) electrons. The predicted octanol–water partition coefficient (Wildman–Crippen LogP) is 2.51. The van der Waals surface area contributed by atoms with Crippen LogP contribution in [0.15, 0.2) is 24.3 Å². The minimum atomic E-state index is -0.0916. The molecule has 0 atom stereocenters. The number of phenolic OH excluding ortho intramolecular Hbond substituents is 1. The summed E-state index contributed by atoms with van der Waals surface area (Å²) < 4.78 is 4.16. The third-order valence-corrected chi connectivity index (χ3v) is 2.94. The van der Waals surface area contributed by atoms with Crippen molar-refractivity contribution in [2.24, 2.45) is 5.92 Å². The summed E-state index contributed by atoms with van der Waals surface area (Å²) in [5, 5.41) is 12.4. The molecule has 0 aliphatic heterocycles. The summed E-state index contributed by atoms with van der Waals surface area (Å²) in [5.74, 6) is 0.566. The zero-order chi connectivity index (χ0) is 13.1. The van der Waals surface area contributed by atoms with Gasteiger partial charge < -0.3 is 10.4 Å². The number of rotatable bonds is 3. The molecule has 0 spiro atoms. The van der Waals surface area contributed by atoms with Gasteiger partial charge in [0.25, 0.3) is 0 Å². The molecule has 1 aromatic heterocycles. The Morgan fingerprint density at radius 2 is 2.00 bits per heavy atom.